The van der Waals surface area contributed by atoms with Crippen LogP contribution >= 0.6 is 15.9 Å². The lowest BCUT2D eigenvalue weighted by Gasteiger charge is -2.24. The van der Waals surface area contributed by atoms with Crippen LogP contribution in [0.25, 0.3) is 5.69 Å². The molecule has 0 amide bonds. The summed E-state index contributed by atoms with van der Waals surface area (Å²) < 4.78 is 2.54. The summed E-state index contributed by atoms with van der Waals surface area (Å²) in [6.07, 6.45) is 5.56. The Morgan fingerprint density at radius 3 is 2.67 bits per heavy atom. The summed E-state index contributed by atoms with van der Waals surface area (Å²) in [4.78, 5) is 16.6. The summed E-state index contributed by atoms with van der Waals surface area (Å²) in [5.74, 6) is 0.724. The molecule has 3 rings (SSSR count). The Balaban J connectivity index is 2.16. The fraction of sp³-hybridized carbons (Fsp3) is 0.375. The molecule has 0 bridgehead atoms. The summed E-state index contributed by atoms with van der Waals surface area (Å²) in [6.45, 7) is 0. The second-order valence-electron chi connectivity index (χ2n) is 5.46. The van der Waals surface area contributed by atoms with Crippen LogP contribution in [0, 0.1) is 0 Å². The number of rotatable bonds is 2. The molecule has 1 aliphatic carbocycles. The molecular formula is C16H17BrN2O2. The van der Waals surface area contributed by atoms with Gasteiger partial charge in [0.2, 0.25) is 5.88 Å². The third-order valence-corrected chi connectivity index (χ3v) is 4.46. The standard InChI is InChI=1S/C16H17BrN2O2/c17-12-7-4-8-13(9-12)19-15(21)10-14(20)18-16(19)11-5-2-1-3-6-11/h4,7-11,20H,1-3,5-6H2. The smallest absolute Gasteiger partial charge is 0.261 e. The van der Waals surface area contributed by atoms with Gasteiger partial charge in [0.25, 0.3) is 5.56 Å². The summed E-state index contributed by atoms with van der Waals surface area (Å²) in [6, 6.07) is 8.77. The van der Waals surface area contributed by atoms with Gasteiger partial charge in [-0.1, -0.05) is 41.3 Å². The van der Waals surface area contributed by atoms with Crippen LogP contribution in [0.4, 0.5) is 0 Å². The second-order valence-corrected chi connectivity index (χ2v) is 6.38. The van der Waals surface area contributed by atoms with Crippen LogP contribution in [0.5, 0.6) is 5.88 Å². The van der Waals surface area contributed by atoms with Gasteiger partial charge in [-0.2, -0.15) is 4.98 Å². The Labute approximate surface area is 131 Å². The van der Waals surface area contributed by atoms with Gasteiger partial charge in [0.15, 0.2) is 0 Å². The maximum absolute atomic E-state index is 12.4. The zero-order valence-electron chi connectivity index (χ0n) is 11.6. The Kier molecular flexibility index (Phi) is 4.10. The summed E-state index contributed by atoms with van der Waals surface area (Å²) >= 11 is 3.43. The molecule has 2 aromatic rings. The van der Waals surface area contributed by atoms with Crippen LogP contribution in [0.1, 0.15) is 43.8 Å². The van der Waals surface area contributed by atoms with Gasteiger partial charge >= 0.3 is 0 Å². The van der Waals surface area contributed by atoms with E-state index in [0.717, 1.165) is 35.8 Å². The van der Waals surface area contributed by atoms with E-state index in [-0.39, 0.29) is 17.4 Å². The van der Waals surface area contributed by atoms with E-state index in [1.807, 2.05) is 24.3 Å². The van der Waals surface area contributed by atoms with Crippen molar-refractivity contribution in [3.05, 3.63) is 51.0 Å². The fourth-order valence-corrected chi connectivity index (χ4v) is 3.38. The molecule has 1 N–H and O–H groups in total. The van der Waals surface area contributed by atoms with E-state index in [2.05, 4.69) is 20.9 Å². The topological polar surface area (TPSA) is 55.1 Å². The zero-order chi connectivity index (χ0) is 14.8. The summed E-state index contributed by atoms with van der Waals surface area (Å²) in [7, 11) is 0. The minimum atomic E-state index is -0.235. The number of hydrogen-bond donors (Lipinski definition) is 1. The van der Waals surface area contributed by atoms with E-state index in [4.69, 9.17) is 0 Å². The molecular weight excluding hydrogens is 332 g/mol. The molecule has 1 aromatic heterocycles. The number of hydrogen-bond acceptors (Lipinski definition) is 3. The van der Waals surface area contributed by atoms with Crippen LogP contribution in [0.15, 0.2) is 39.6 Å². The molecule has 0 spiro atoms. The number of aromatic hydroxyl groups is 1. The average molecular weight is 349 g/mol. The molecule has 0 unspecified atom stereocenters. The molecule has 1 heterocycles. The number of benzene rings is 1. The SMILES string of the molecule is O=c1cc(O)nc(C2CCCCC2)n1-c1cccc(Br)c1. The third-order valence-electron chi connectivity index (χ3n) is 3.97. The molecule has 0 saturated heterocycles. The highest BCUT2D eigenvalue weighted by Gasteiger charge is 2.22. The highest BCUT2D eigenvalue weighted by atomic mass is 79.9. The van der Waals surface area contributed by atoms with E-state index < -0.39 is 0 Å². The molecule has 1 aromatic carbocycles. The van der Waals surface area contributed by atoms with E-state index in [0.29, 0.717) is 5.82 Å². The van der Waals surface area contributed by atoms with Crippen molar-refractivity contribution in [2.75, 3.05) is 0 Å². The van der Waals surface area contributed by atoms with Crippen molar-refractivity contribution in [3.8, 4) is 11.6 Å². The molecule has 1 aliphatic rings. The van der Waals surface area contributed by atoms with E-state index in [1.165, 1.54) is 12.5 Å². The lowest BCUT2D eigenvalue weighted by atomic mass is 9.88. The second kappa shape index (κ2) is 6.02. The van der Waals surface area contributed by atoms with Crippen molar-refractivity contribution in [1.29, 1.82) is 0 Å². The van der Waals surface area contributed by atoms with Gasteiger partial charge in [-0.25, -0.2) is 0 Å². The Morgan fingerprint density at radius 1 is 1.19 bits per heavy atom. The van der Waals surface area contributed by atoms with Gasteiger partial charge in [0, 0.05) is 10.4 Å². The van der Waals surface area contributed by atoms with Gasteiger partial charge in [-0.15, -0.1) is 0 Å². The first kappa shape index (κ1) is 14.3. The number of aromatic nitrogens is 2. The molecule has 21 heavy (non-hydrogen) atoms. The third kappa shape index (κ3) is 3.02. The fourth-order valence-electron chi connectivity index (χ4n) is 3.00. The van der Waals surface area contributed by atoms with Gasteiger partial charge in [0.1, 0.15) is 5.82 Å². The summed E-state index contributed by atoms with van der Waals surface area (Å²) in [5, 5.41) is 9.72. The molecule has 1 saturated carbocycles. The predicted molar refractivity (Wildman–Crippen MR) is 85.0 cm³/mol. The van der Waals surface area contributed by atoms with Crippen LogP contribution in [0.2, 0.25) is 0 Å². The predicted octanol–water partition coefficient (Wildman–Crippen LogP) is 3.75. The molecule has 110 valence electrons. The van der Waals surface area contributed by atoms with Crippen molar-refractivity contribution in [2.24, 2.45) is 0 Å². The van der Waals surface area contributed by atoms with Gasteiger partial charge < -0.3 is 5.11 Å². The molecule has 0 atom stereocenters. The van der Waals surface area contributed by atoms with E-state index >= 15 is 0 Å². The molecule has 0 aliphatic heterocycles. The summed E-state index contributed by atoms with van der Waals surface area (Å²) in [5.41, 5.74) is 0.545. The van der Waals surface area contributed by atoms with Crippen molar-refractivity contribution >= 4 is 15.9 Å². The average Bonchev–Trinajstić information content (AvgIpc) is 2.47. The van der Waals surface area contributed by atoms with E-state index in [1.54, 1.807) is 4.57 Å². The Bertz CT molecular complexity index is 706. The number of nitrogens with zero attached hydrogens (tertiary/aromatic N) is 2. The number of halogens is 1. The normalized spacial score (nSPS) is 16.0. The maximum Gasteiger partial charge on any atom is 0.261 e. The van der Waals surface area contributed by atoms with Gasteiger partial charge in [0.05, 0.1) is 11.8 Å². The van der Waals surface area contributed by atoms with E-state index in [9.17, 15) is 9.90 Å². The lowest BCUT2D eigenvalue weighted by molar-refractivity contribution is 0.402. The highest BCUT2D eigenvalue weighted by Crippen LogP contribution is 2.32. The van der Waals surface area contributed by atoms with Crippen molar-refractivity contribution in [2.45, 2.75) is 38.0 Å². The minimum absolute atomic E-state index is 0.188. The largest absolute Gasteiger partial charge is 0.493 e. The molecule has 0 radical (unpaired) electrons. The molecule has 5 heteroatoms. The quantitative estimate of drug-likeness (QED) is 0.898. The van der Waals surface area contributed by atoms with Crippen molar-refractivity contribution < 1.29 is 5.11 Å². The monoisotopic (exact) mass is 348 g/mol. The first-order chi connectivity index (χ1) is 10.1. The Hall–Kier alpha value is -1.62. The molecule has 4 nitrogen and oxygen atoms in total. The zero-order valence-corrected chi connectivity index (χ0v) is 13.2. The van der Waals surface area contributed by atoms with Crippen LogP contribution < -0.4 is 5.56 Å². The highest BCUT2D eigenvalue weighted by molar-refractivity contribution is 9.10. The van der Waals surface area contributed by atoms with Crippen LogP contribution in [0.3, 0.4) is 0 Å². The van der Waals surface area contributed by atoms with Crippen LogP contribution in [-0.4, -0.2) is 14.7 Å². The van der Waals surface area contributed by atoms with Crippen molar-refractivity contribution in [1.82, 2.24) is 9.55 Å². The minimum Gasteiger partial charge on any atom is -0.493 e. The first-order valence-corrected chi connectivity index (χ1v) is 8.03. The first-order valence-electron chi connectivity index (χ1n) is 7.24. The van der Waals surface area contributed by atoms with Gasteiger partial charge in [-0.3, -0.25) is 9.36 Å². The Morgan fingerprint density at radius 2 is 1.95 bits per heavy atom. The molecule has 1 fully saturated rings. The van der Waals surface area contributed by atoms with Crippen molar-refractivity contribution in [3.63, 3.8) is 0 Å². The lowest BCUT2D eigenvalue weighted by Crippen LogP contribution is -2.25. The maximum atomic E-state index is 12.4. The van der Waals surface area contributed by atoms with Gasteiger partial charge in [-0.05, 0) is 31.0 Å². The van der Waals surface area contributed by atoms with Crippen LogP contribution in [-0.2, 0) is 0 Å².